The van der Waals surface area contributed by atoms with E-state index in [1.54, 1.807) is 6.07 Å². The first-order valence-corrected chi connectivity index (χ1v) is 12.7. The Bertz CT molecular complexity index is 742. The summed E-state index contributed by atoms with van der Waals surface area (Å²) < 4.78 is 73.1. The lowest BCUT2D eigenvalue weighted by molar-refractivity contribution is -0.131. The second kappa shape index (κ2) is 12.6. The van der Waals surface area contributed by atoms with Crippen LogP contribution in [0.1, 0.15) is 83.1 Å². The van der Waals surface area contributed by atoms with Crippen LogP contribution in [-0.4, -0.2) is 25.9 Å². The summed E-state index contributed by atoms with van der Waals surface area (Å²) >= 11 is 0. The number of hydrogen-bond donors (Lipinski definition) is 2. The molecule has 10 heteroatoms. The summed E-state index contributed by atoms with van der Waals surface area (Å²) in [6.45, 7) is 2.17. The molecule has 0 aliphatic heterocycles. The largest absolute Gasteiger partial charge is 0.400 e. The van der Waals surface area contributed by atoms with Crippen LogP contribution in [0.5, 0.6) is 0 Å². The Morgan fingerprint density at radius 3 is 1.55 bits per heavy atom. The van der Waals surface area contributed by atoms with E-state index in [0.717, 1.165) is 19.3 Å². The first-order chi connectivity index (χ1) is 13.6. The summed E-state index contributed by atoms with van der Waals surface area (Å²) in [7, 11) is -10.1. The molecule has 1 aromatic rings. The minimum absolute atomic E-state index is 0.0474. The summed E-state index contributed by atoms with van der Waals surface area (Å²) in [5.74, 6) is -2.37. The molecular formula is C19H32O8S2. The van der Waals surface area contributed by atoms with Crippen molar-refractivity contribution in [2.75, 3.05) is 0 Å². The molecule has 0 saturated carbocycles. The summed E-state index contributed by atoms with van der Waals surface area (Å²) in [6, 6.07) is 7.49. The summed E-state index contributed by atoms with van der Waals surface area (Å²) in [4.78, 5) is 0. The Balaban J connectivity index is 2.72. The Hall–Kier alpha value is -1.04. The Morgan fingerprint density at radius 2 is 1.14 bits per heavy atom. The molecule has 0 radical (unpaired) electrons. The van der Waals surface area contributed by atoms with Gasteiger partial charge in [-0.25, -0.2) is 8.37 Å². The zero-order chi connectivity index (χ0) is 21.8. The Morgan fingerprint density at radius 1 is 0.724 bits per heavy atom. The van der Waals surface area contributed by atoms with Gasteiger partial charge in [0, 0.05) is 12.0 Å². The third-order valence-corrected chi connectivity index (χ3v) is 5.51. The Kier molecular flexibility index (Phi) is 11.3. The van der Waals surface area contributed by atoms with Crippen molar-refractivity contribution in [2.45, 2.75) is 83.3 Å². The third-order valence-electron chi connectivity index (χ3n) is 4.55. The van der Waals surface area contributed by atoms with Gasteiger partial charge in [-0.3, -0.25) is 9.11 Å². The fraction of sp³-hybridized carbons (Fsp3) is 0.684. The second-order valence-corrected chi connectivity index (χ2v) is 9.12. The maximum absolute atomic E-state index is 11.4. The van der Waals surface area contributed by atoms with Crippen LogP contribution < -0.4 is 0 Å². The molecule has 8 nitrogen and oxygen atoms in total. The smallest absolute Gasteiger partial charge is 0.263 e. The Labute approximate surface area is 174 Å². The lowest BCUT2D eigenvalue weighted by atomic mass is 9.98. The van der Waals surface area contributed by atoms with E-state index in [1.807, 2.05) is 0 Å². The standard InChI is InChI=1S/C19H32O8S2/c1-2-3-4-5-6-7-8-9-10-14-17-19(26-28(20,21)22,27-29(23,24)25)18-15-12-11-13-16-18/h11-13,15-16H,2-10,14,17H2,1H3,(H,20,21,22)(H,23,24,25). The van der Waals surface area contributed by atoms with Gasteiger partial charge in [0.15, 0.2) is 0 Å². The molecular weight excluding hydrogens is 420 g/mol. The minimum atomic E-state index is -5.07. The van der Waals surface area contributed by atoms with E-state index in [0.29, 0.717) is 12.8 Å². The SMILES string of the molecule is CCCCCCCCCCCCC(OS(=O)(=O)O)(OS(=O)(=O)O)c1ccccc1. The maximum atomic E-state index is 11.4. The highest BCUT2D eigenvalue weighted by Gasteiger charge is 2.43. The van der Waals surface area contributed by atoms with Gasteiger partial charge in [0.1, 0.15) is 0 Å². The number of hydrogen-bond acceptors (Lipinski definition) is 6. The maximum Gasteiger partial charge on any atom is 0.400 e. The zero-order valence-electron chi connectivity index (χ0n) is 16.8. The fourth-order valence-electron chi connectivity index (χ4n) is 3.22. The van der Waals surface area contributed by atoms with E-state index in [-0.39, 0.29) is 12.0 Å². The van der Waals surface area contributed by atoms with Crippen LogP contribution in [0.3, 0.4) is 0 Å². The molecule has 0 spiro atoms. The lowest BCUT2D eigenvalue weighted by Crippen LogP contribution is -2.37. The molecule has 0 bridgehead atoms. The second-order valence-electron chi connectivity index (χ2n) is 7.07. The monoisotopic (exact) mass is 452 g/mol. The molecule has 0 aliphatic rings. The molecule has 0 atom stereocenters. The molecule has 29 heavy (non-hydrogen) atoms. The van der Waals surface area contributed by atoms with E-state index >= 15 is 0 Å². The van der Waals surface area contributed by atoms with Gasteiger partial charge in [0.05, 0.1) is 0 Å². The van der Waals surface area contributed by atoms with E-state index in [4.69, 9.17) is 9.11 Å². The van der Waals surface area contributed by atoms with Crippen molar-refractivity contribution in [1.29, 1.82) is 0 Å². The molecule has 0 fully saturated rings. The molecule has 0 amide bonds. The van der Waals surface area contributed by atoms with Gasteiger partial charge in [-0.05, 0) is 6.42 Å². The molecule has 0 saturated heterocycles. The highest BCUT2D eigenvalue weighted by Crippen LogP contribution is 2.36. The van der Waals surface area contributed by atoms with E-state index < -0.39 is 26.6 Å². The average molecular weight is 453 g/mol. The van der Waals surface area contributed by atoms with Gasteiger partial charge in [0.25, 0.3) is 0 Å². The zero-order valence-corrected chi connectivity index (χ0v) is 18.5. The quantitative estimate of drug-likeness (QED) is 0.208. The van der Waals surface area contributed by atoms with Crippen molar-refractivity contribution in [3.8, 4) is 0 Å². The van der Waals surface area contributed by atoms with Gasteiger partial charge >= 0.3 is 20.8 Å². The van der Waals surface area contributed by atoms with Gasteiger partial charge in [-0.2, -0.15) is 16.8 Å². The van der Waals surface area contributed by atoms with Crippen LogP contribution in [-0.2, 0) is 35.0 Å². The van der Waals surface area contributed by atoms with Gasteiger partial charge in [-0.1, -0.05) is 95.0 Å². The van der Waals surface area contributed by atoms with Crippen molar-refractivity contribution in [2.24, 2.45) is 0 Å². The van der Waals surface area contributed by atoms with Gasteiger partial charge < -0.3 is 0 Å². The van der Waals surface area contributed by atoms with Crippen LogP contribution >= 0.6 is 0 Å². The molecule has 0 heterocycles. The predicted octanol–water partition coefficient (Wildman–Crippen LogP) is 4.79. The summed E-state index contributed by atoms with van der Waals surface area (Å²) in [5, 5.41) is 0. The molecule has 0 aromatic heterocycles. The lowest BCUT2D eigenvalue weighted by Gasteiger charge is -2.30. The average Bonchev–Trinajstić information content (AvgIpc) is 2.61. The van der Waals surface area contributed by atoms with Crippen molar-refractivity contribution in [3.63, 3.8) is 0 Å². The highest BCUT2D eigenvalue weighted by molar-refractivity contribution is 7.81. The first kappa shape index (κ1) is 26.0. The topological polar surface area (TPSA) is 127 Å². The van der Waals surface area contributed by atoms with Crippen molar-refractivity contribution >= 4 is 20.8 Å². The van der Waals surface area contributed by atoms with Gasteiger partial charge in [0.2, 0.25) is 5.79 Å². The number of benzene rings is 1. The molecule has 168 valence electrons. The van der Waals surface area contributed by atoms with Crippen LogP contribution in [0.25, 0.3) is 0 Å². The minimum Gasteiger partial charge on any atom is -0.263 e. The first-order valence-electron chi connectivity index (χ1n) is 9.99. The predicted molar refractivity (Wildman–Crippen MR) is 110 cm³/mol. The fourth-order valence-corrected chi connectivity index (χ4v) is 4.37. The van der Waals surface area contributed by atoms with Crippen molar-refractivity contribution < 1.29 is 34.3 Å². The molecule has 1 rings (SSSR count). The van der Waals surface area contributed by atoms with E-state index in [1.165, 1.54) is 56.4 Å². The van der Waals surface area contributed by atoms with E-state index in [9.17, 15) is 16.8 Å². The van der Waals surface area contributed by atoms with Crippen LogP contribution in [0.15, 0.2) is 30.3 Å². The van der Waals surface area contributed by atoms with Crippen LogP contribution in [0.4, 0.5) is 0 Å². The number of rotatable bonds is 16. The van der Waals surface area contributed by atoms with Crippen LogP contribution in [0, 0.1) is 0 Å². The number of unbranched alkanes of at least 4 members (excludes halogenated alkanes) is 9. The van der Waals surface area contributed by atoms with Gasteiger partial charge in [-0.15, -0.1) is 0 Å². The van der Waals surface area contributed by atoms with Crippen molar-refractivity contribution in [1.82, 2.24) is 0 Å². The summed E-state index contributed by atoms with van der Waals surface area (Å²) in [5.41, 5.74) is 0.0474. The molecule has 0 unspecified atom stereocenters. The van der Waals surface area contributed by atoms with E-state index in [2.05, 4.69) is 15.3 Å². The highest BCUT2D eigenvalue weighted by atomic mass is 32.3. The summed E-state index contributed by atoms with van der Waals surface area (Å²) in [6.07, 6.45) is 9.98. The normalized spacial score (nSPS) is 12.9. The molecule has 1 aromatic carbocycles. The van der Waals surface area contributed by atoms with Crippen LogP contribution in [0.2, 0.25) is 0 Å². The molecule has 0 aliphatic carbocycles. The molecule has 2 N–H and O–H groups in total. The van der Waals surface area contributed by atoms with Crippen molar-refractivity contribution in [3.05, 3.63) is 35.9 Å². The third kappa shape index (κ3) is 11.7.